The van der Waals surface area contributed by atoms with Gasteiger partial charge in [0.05, 0.1) is 26.1 Å². The molecule has 0 aliphatic carbocycles. The third-order valence-corrected chi connectivity index (χ3v) is 4.19. The van der Waals surface area contributed by atoms with Crippen LogP contribution in [0.25, 0.3) is 0 Å². The van der Waals surface area contributed by atoms with Crippen molar-refractivity contribution in [2.75, 3.05) is 14.2 Å². The molecule has 0 saturated carbocycles. The summed E-state index contributed by atoms with van der Waals surface area (Å²) in [6.07, 6.45) is 3.39. The van der Waals surface area contributed by atoms with Crippen molar-refractivity contribution in [3.8, 4) is 17.4 Å². The van der Waals surface area contributed by atoms with Crippen LogP contribution in [0.4, 0.5) is 5.69 Å². The first-order chi connectivity index (χ1) is 13.2. The largest absolute Gasteiger partial charge is 0.493 e. The minimum Gasteiger partial charge on any atom is -0.493 e. The number of hydrogen-bond donors (Lipinski definition) is 0. The zero-order valence-electron chi connectivity index (χ0n) is 15.1. The molecule has 5 nitrogen and oxygen atoms in total. The highest BCUT2D eigenvalue weighted by Gasteiger charge is 2.07. The Bertz CT molecular complexity index is 927. The summed E-state index contributed by atoms with van der Waals surface area (Å²) < 4.78 is 16.3. The molecular weight excluding hydrogens is 364 g/mol. The topological polar surface area (TPSA) is 52.9 Å². The van der Waals surface area contributed by atoms with E-state index in [0.29, 0.717) is 29.0 Å². The van der Waals surface area contributed by atoms with Crippen LogP contribution in [0.3, 0.4) is 0 Å². The van der Waals surface area contributed by atoms with E-state index in [1.807, 2.05) is 48.5 Å². The normalized spacial score (nSPS) is 10.8. The van der Waals surface area contributed by atoms with Crippen molar-refractivity contribution in [2.45, 2.75) is 6.61 Å². The number of aliphatic imine (C=N–C) groups is 1. The van der Waals surface area contributed by atoms with E-state index in [1.54, 1.807) is 32.7 Å². The van der Waals surface area contributed by atoms with Gasteiger partial charge in [0.2, 0.25) is 5.88 Å². The van der Waals surface area contributed by atoms with E-state index in [4.69, 9.17) is 25.8 Å². The van der Waals surface area contributed by atoms with E-state index >= 15 is 0 Å². The Kier molecular flexibility index (Phi) is 6.28. The van der Waals surface area contributed by atoms with Crippen LogP contribution < -0.4 is 14.2 Å². The molecule has 0 atom stereocenters. The molecule has 0 aliphatic heterocycles. The molecular formula is C21H19ClN2O3. The Morgan fingerprint density at radius 3 is 2.56 bits per heavy atom. The van der Waals surface area contributed by atoms with Gasteiger partial charge in [-0.2, -0.15) is 0 Å². The van der Waals surface area contributed by atoms with Gasteiger partial charge in [0.15, 0.2) is 11.5 Å². The molecule has 0 aliphatic rings. The van der Waals surface area contributed by atoms with Crippen LogP contribution in [0.5, 0.6) is 17.4 Å². The lowest BCUT2D eigenvalue weighted by Gasteiger charge is -2.12. The van der Waals surface area contributed by atoms with E-state index in [2.05, 4.69) is 9.98 Å². The summed E-state index contributed by atoms with van der Waals surface area (Å²) in [6.45, 7) is 0.362. The van der Waals surface area contributed by atoms with Gasteiger partial charge in [-0.3, -0.25) is 4.99 Å². The molecule has 0 radical (unpaired) electrons. The third kappa shape index (κ3) is 4.99. The summed E-state index contributed by atoms with van der Waals surface area (Å²) in [6, 6.07) is 16.8. The van der Waals surface area contributed by atoms with Gasteiger partial charge in [-0.25, -0.2) is 4.98 Å². The molecule has 0 bridgehead atoms. The van der Waals surface area contributed by atoms with Crippen molar-refractivity contribution in [3.05, 3.63) is 76.9 Å². The lowest BCUT2D eigenvalue weighted by atomic mass is 10.2. The number of hydrogen-bond acceptors (Lipinski definition) is 5. The fourth-order valence-corrected chi connectivity index (χ4v) is 2.56. The SMILES string of the molecule is COc1ccc(N=Cc2ccc(OCc3ccccc3Cl)c(OC)c2)cn1. The number of benzene rings is 2. The number of aromatic nitrogens is 1. The fraction of sp³-hybridized carbons (Fsp3) is 0.143. The zero-order chi connectivity index (χ0) is 19.1. The maximum atomic E-state index is 6.17. The van der Waals surface area contributed by atoms with Crippen molar-refractivity contribution < 1.29 is 14.2 Å². The van der Waals surface area contributed by atoms with Crippen LogP contribution in [0.2, 0.25) is 5.02 Å². The van der Waals surface area contributed by atoms with Crippen LogP contribution in [0.1, 0.15) is 11.1 Å². The number of nitrogens with zero attached hydrogens (tertiary/aromatic N) is 2. The van der Waals surface area contributed by atoms with Crippen LogP contribution in [-0.2, 0) is 6.61 Å². The first-order valence-electron chi connectivity index (χ1n) is 8.28. The first-order valence-corrected chi connectivity index (χ1v) is 8.66. The Hall–Kier alpha value is -3.05. The quantitative estimate of drug-likeness (QED) is 0.534. The molecule has 0 spiro atoms. The maximum absolute atomic E-state index is 6.17. The van der Waals surface area contributed by atoms with Crippen molar-refractivity contribution in [1.29, 1.82) is 0 Å². The Morgan fingerprint density at radius 2 is 1.85 bits per heavy atom. The van der Waals surface area contributed by atoms with Gasteiger partial charge >= 0.3 is 0 Å². The predicted octanol–water partition coefficient (Wildman–Crippen LogP) is 5.08. The van der Waals surface area contributed by atoms with E-state index in [0.717, 1.165) is 16.8 Å². The third-order valence-electron chi connectivity index (χ3n) is 3.82. The minimum atomic E-state index is 0.362. The summed E-state index contributed by atoms with van der Waals surface area (Å²) >= 11 is 6.17. The van der Waals surface area contributed by atoms with E-state index in [9.17, 15) is 0 Å². The molecule has 2 aromatic carbocycles. The van der Waals surface area contributed by atoms with Gasteiger partial charge in [0.25, 0.3) is 0 Å². The van der Waals surface area contributed by atoms with E-state index < -0.39 is 0 Å². The predicted molar refractivity (Wildman–Crippen MR) is 107 cm³/mol. The van der Waals surface area contributed by atoms with Gasteiger partial charge in [-0.1, -0.05) is 29.8 Å². The lowest BCUT2D eigenvalue weighted by molar-refractivity contribution is 0.284. The van der Waals surface area contributed by atoms with Crippen molar-refractivity contribution >= 4 is 23.5 Å². The molecule has 6 heteroatoms. The average molecular weight is 383 g/mol. The minimum absolute atomic E-state index is 0.362. The summed E-state index contributed by atoms with van der Waals surface area (Å²) in [5.74, 6) is 1.81. The van der Waals surface area contributed by atoms with E-state index in [-0.39, 0.29) is 0 Å². The second kappa shape index (κ2) is 9.05. The summed E-state index contributed by atoms with van der Waals surface area (Å²) in [5.41, 5.74) is 2.53. The van der Waals surface area contributed by atoms with Crippen LogP contribution >= 0.6 is 11.6 Å². The van der Waals surface area contributed by atoms with Crippen LogP contribution in [-0.4, -0.2) is 25.4 Å². The second-order valence-corrected chi connectivity index (χ2v) is 6.01. The molecule has 138 valence electrons. The lowest BCUT2D eigenvalue weighted by Crippen LogP contribution is -1.99. The number of rotatable bonds is 7. The van der Waals surface area contributed by atoms with Crippen LogP contribution in [0, 0.1) is 0 Å². The van der Waals surface area contributed by atoms with Crippen LogP contribution in [0.15, 0.2) is 65.8 Å². The van der Waals surface area contributed by atoms with Crippen molar-refractivity contribution in [1.82, 2.24) is 4.98 Å². The highest BCUT2D eigenvalue weighted by atomic mass is 35.5. The van der Waals surface area contributed by atoms with Gasteiger partial charge in [0, 0.05) is 22.9 Å². The standard InChI is InChI=1S/C21H19ClN2O3/c1-25-20-11-15(12-23-17-8-10-21(26-2)24-13-17)7-9-19(20)27-14-16-5-3-4-6-18(16)22/h3-13H,14H2,1-2H3. The molecule has 1 aromatic heterocycles. The zero-order valence-corrected chi connectivity index (χ0v) is 15.8. The molecule has 1 heterocycles. The highest BCUT2D eigenvalue weighted by Crippen LogP contribution is 2.29. The molecule has 0 fully saturated rings. The fourth-order valence-electron chi connectivity index (χ4n) is 2.37. The Balaban J connectivity index is 1.71. The van der Waals surface area contributed by atoms with Gasteiger partial charge < -0.3 is 14.2 Å². The monoisotopic (exact) mass is 382 g/mol. The molecule has 3 rings (SSSR count). The molecule has 0 saturated heterocycles. The number of halogens is 1. The molecule has 27 heavy (non-hydrogen) atoms. The summed E-state index contributed by atoms with van der Waals surface area (Å²) in [5, 5.41) is 0.674. The Labute approximate surface area is 163 Å². The smallest absolute Gasteiger partial charge is 0.213 e. The van der Waals surface area contributed by atoms with Gasteiger partial charge in [-0.05, 0) is 35.9 Å². The maximum Gasteiger partial charge on any atom is 0.213 e. The molecule has 3 aromatic rings. The summed E-state index contributed by atoms with van der Waals surface area (Å²) in [7, 11) is 3.18. The molecule has 0 N–H and O–H groups in total. The highest BCUT2D eigenvalue weighted by molar-refractivity contribution is 6.31. The summed E-state index contributed by atoms with van der Waals surface area (Å²) in [4.78, 5) is 8.53. The second-order valence-electron chi connectivity index (χ2n) is 5.61. The number of pyridine rings is 1. The van der Waals surface area contributed by atoms with Crippen molar-refractivity contribution in [3.63, 3.8) is 0 Å². The first kappa shape index (κ1) is 18.7. The van der Waals surface area contributed by atoms with Gasteiger partial charge in [0.1, 0.15) is 6.61 Å². The average Bonchev–Trinajstić information content (AvgIpc) is 2.72. The Morgan fingerprint density at radius 1 is 1.00 bits per heavy atom. The van der Waals surface area contributed by atoms with E-state index in [1.165, 1.54) is 0 Å². The number of ether oxygens (including phenoxy) is 3. The number of methoxy groups -OCH3 is 2. The molecule has 0 amide bonds. The molecule has 0 unspecified atom stereocenters. The van der Waals surface area contributed by atoms with Crippen molar-refractivity contribution in [2.24, 2.45) is 4.99 Å². The van der Waals surface area contributed by atoms with Gasteiger partial charge in [-0.15, -0.1) is 0 Å².